The number of urea groups is 1. The Bertz CT molecular complexity index is 1190. The van der Waals surface area contributed by atoms with Gasteiger partial charge >= 0.3 is 6.03 Å². The SMILES string of the molecule is CC(=O)C(CC1CC1)NC(=O)C1CCCN1C(=O)C(NC(=O)NC(CNCc1sccc1SO)C(C)(C)C)C1(C)CCCCC1. The third kappa shape index (κ3) is 9.68. The van der Waals surface area contributed by atoms with Gasteiger partial charge in [0.1, 0.15) is 12.1 Å². The van der Waals surface area contributed by atoms with E-state index >= 15 is 0 Å². The van der Waals surface area contributed by atoms with Crippen LogP contribution in [0.25, 0.3) is 0 Å². The lowest BCUT2D eigenvalue weighted by molar-refractivity contribution is -0.143. The Labute approximate surface area is 276 Å². The molecule has 1 saturated heterocycles. The first-order valence-electron chi connectivity index (χ1n) is 16.6. The van der Waals surface area contributed by atoms with Gasteiger partial charge in [-0.25, -0.2) is 4.79 Å². The minimum atomic E-state index is -0.773. The highest BCUT2D eigenvalue weighted by molar-refractivity contribution is 7.94. The van der Waals surface area contributed by atoms with Gasteiger partial charge in [0, 0.05) is 42.6 Å². The summed E-state index contributed by atoms with van der Waals surface area (Å²) in [6.45, 7) is 11.3. The predicted octanol–water partition coefficient (Wildman–Crippen LogP) is 5.32. The zero-order valence-corrected chi connectivity index (χ0v) is 29.2. The first-order chi connectivity index (χ1) is 21.3. The maximum absolute atomic E-state index is 14.4. The van der Waals surface area contributed by atoms with Crippen LogP contribution in [-0.4, -0.2) is 70.3 Å². The number of hydrogen-bond donors (Lipinski definition) is 5. The normalized spacial score (nSPS) is 21.9. The Morgan fingerprint density at radius 2 is 1.78 bits per heavy atom. The molecule has 2 heterocycles. The highest BCUT2D eigenvalue weighted by Gasteiger charge is 2.46. The van der Waals surface area contributed by atoms with Crippen LogP contribution in [0.3, 0.4) is 0 Å². The summed E-state index contributed by atoms with van der Waals surface area (Å²) in [5.74, 6) is -0.0567. The van der Waals surface area contributed by atoms with Crippen molar-refractivity contribution in [3.05, 3.63) is 16.3 Å². The van der Waals surface area contributed by atoms with Crippen LogP contribution in [0.2, 0.25) is 0 Å². The van der Waals surface area contributed by atoms with Crippen molar-refractivity contribution in [2.45, 2.75) is 134 Å². The van der Waals surface area contributed by atoms with Crippen LogP contribution in [0.1, 0.15) is 104 Å². The van der Waals surface area contributed by atoms with E-state index in [4.69, 9.17) is 0 Å². The molecule has 12 heteroatoms. The van der Waals surface area contributed by atoms with Gasteiger partial charge in [0.05, 0.1) is 10.9 Å². The quantitative estimate of drug-likeness (QED) is 0.170. The number of likely N-dealkylation sites (tertiary alicyclic amines) is 1. The summed E-state index contributed by atoms with van der Waals surface area (Å²) in [5.41, 5.74) is -0.703. The average Bonchev–Trinajstić information content (AvgIpc) is 3.46. The molecule has 5 N–H and O–H groups in total. The Morgan fingerprint density at radius 1 is 1.07 bits per heavy atom. The Balaban J connectivity index is 1.45. The van der Waals surface area contributed by atoms with Crippen LogP contribution >= 0.6 is 23.4 Å². The lowest BCUT2D eigenvalue weighted by atomic mass is 9.70. The molecule has 1 aliphatic heterocycles. The van der Waals surface area contributed by atoms with Crippen LogP contribution in [0.15, 0.2) is 16.3 Å². The lowest BCUT2D eigenvalue weighted by Gasteiger charge is -2.42. The van der Waals surface area contributed by atoms with Gasteiger partial charge in [-0.05, 0) is 67.2 Å². The molecule has 0 bridgehead atoms. The van der Waals surface area contributed by atoms with E-state index < -0.39 is 29.6 Å². The van der Waals surface area contributed by atoms with Crippen LogP contribution in [0.4, 0.5) is 4.79 Å². The van der Waals surface area contributed by atoms with Crippen LogP contribution in [0.5, 0.6) is 0 Å². The summed E-state index contributed by atoms with van der Waals surface area (Å²) < 4.78 is 9.50. The van der Waals surface area contributed by atoms with Gasteiger partial charge in [-0.1, -0.05) is 59.8 Å². The van der Waals surface area contributed by atoms with Gasteiger partial charge in [-0.3, -0.25) is 14.4 Å². The van der Waals surface area contributed by atoms with Gasteiger partial charge in [0.2, 0.25) is 11.8 Å². The fourth-order valence-electron chi connectivity index (χ4n) is 6.71. The molecule has 0 radical (unpaired) electrons. The van der Waals surface area contributed by atoms with E-state index in [0.29, 0.717) is 44.8 Å². The summed E-state index contributed by atoms with van der Waals surface area (Å²) in [6.07, 6.45) is 8.79. The summed E-state index contributed by atoms with van der Waals surface area (Å²) in [5, 5.41) is 14.6. The van der Waals surface area contributed by atoms with E-state index in [0.717, 1.165) is 66.8 Å². The molecule has 0 aromatic carbocycles. The van der Waals surface area contributed by atoms with Gasteiger partial charge in [-0.15, -0.1) is 11.3 Å². The Morgan fingerprint density at radius 3 is 2.40 bits per heavy atom. The first-order valence-corrected chi connectivity index (χ1v) is 18.2. The van der Waals surface area contributed by atoms with Crippen molar-refractivity contribution in [1.82, 2.24) is 26.2 Å². The van der Waals surface area contributed by atoms with Crippen molar-refractivity contribution < 1.29 is 23.7 Å². The number of hydrogen-bond acceptors (Lipinski definition) is 8. The molecule has 10 nitrogen and oxygen atoms in total. The summed E-state index contributed by atoms with van der Waals surface area (Å²) in [6, 6.07) is -0.695. The molecule has 3 fully saturated rings. The van der Waals surface area contributed by atoms with Crippen molar-refractivity contribution in [1.29, 1.82) is 0 Å². The Hall–Kier alpha value is -2.15. The van der Waals surface area contributed by atoms with E-state index in [2.05, 4.69) is 49.0 Å². The van der Waals surface area contributed by atoms with Gasteiger partial charge in [0.25, 0.3) is 0 Å². The number of ketones is 1. The summed E-state index contributed by atoms with van der Waals surface area (Å²) in [7, 11) is 0. The zero-order valence-electron chi connectivity index (χ0n) is 27.6. The molecule has 4 atom stereocenters. The van der Waals surface area contributed by atoms with Crippen molar-refractivity contribution in [3.63, 3.8) is 0 Å². The predicted molar refractivity (Wildman–Crippen MR) is 179 cm³/mol. The molecule has 4 rings (SSSR count). The van der Waals surface area contributed by atoms with E-state index in [1.165, 1.54) is 6.92 Å². The minimum Gasteiger partial charge on any atom is -0.345 e. The Kier molecular flexibility index (Phi) is 12.4. The molecular weight excluding hydrogens is 611 g/mol. The van der Waals surface area contributed by atoms with E-state index in [-0.39, 0.29) is 29.1 Å². The first kappa shape index (κ1) is 35.7. The monoisotopic (exact) mass is 663 g/mol. The molecule has 2 aliphatic carbocycles. The minimum absolute atomic E-state index is 0.0527. The third-order valence-corrected chi connectivity index (χ3v) is 11.5. The molecule has 0 spiro atoms. The molecule has 3 aliphatic rings. The molecule has 4 unspecified atom stereocenters. The second-order valence-corrected chi connectivity index (χ2v) is 16.3. The molecule has 252 valence electrons. The van der Waals surface area contributed by atoms with Crippen LogP contribution in [0, 0.1) is 16.7 Å². The fourth-order valence-corrected chi connectivity index (χ4v) is 8.09. The lowest BCUT2D eigenvalue weighted by Crippen LogP contribution is -2.62. The number of nitrogens with one attached hydrogen (secondary N) is 4. The van der Waals surface area contributed by atoms with E-state index in [1.807, 2.05) is 11.4 Å². The van der Waals surface area contributed by atoms with Gasteiger partial charge in [-0.2, -0.15) is 0 Å². The van der Waals surface area contributed by atoms with Crippen molar-refractivity contribution in [3.8, 4) is 0 Å². The highest BCUT2D eigenvalue weighted by Crippen LogP contribution is 2.40. The number of carbonyl (C=O) groups is 4. The maximum atomic E-state index is 14.4. The van der Waals surface area contributed by atoms with Crippen molar-refractivity contribution >= 4 is 47.0 Å². The van der Waals surface area contributed by atoms with E-state index in [1.54, 1.807) is 16.2 Å². The van der Waals surface area contributed by atoms with Gasteiger partial charge < -0.3 is 30.7 Å². The molecule has 45 heavy (non-hydrogen) atoms. The standard InChI is InChI=1S/C33H53N5O5S2/c1-21(39)23(18-22-11-12-22)35-29(40)24-10-9-16-38(24)30(41)28(33(5)14-7-6-8-15-33)37-31(42)36-27(32(2,3)4)20-34-19-26-25(45-43)13-17-44-26/h13,17,22-24,27-28,34,43H,6-12,14-16,18-20H2,1-5H3,(H,35,40)(H2,36,37,42). The number of nitrogens with zero attached hydrogens (tertiary/aromatic N) is 1. The van der Waals surface area contributed by atoms with Crippen LogP contribution in [-0.2, 0) is 20.9 Å². The number of rotatable bonds is 14. The number of amides is 4. The molecule has 2 saturated carbocycles. The van der Waals surface area contributed by atoms with Crippen molar-refractivity contribution in [2.24, 2.45) is 16.7 Å². The molecule has 4 amide bonds. The number of Topliss-reactive ketones (excluding diaryl/α,β-unsaturated/α-hetero) is 1. The molecular formula is C33H53N5O5S2. The molecule has 1 aromatic rings. The second kappa shape index (κ2) is 15.6. The smallest absolute Gasteiger partial charge is 0.315 e. The van der Waals surface area contributed by atoms with E-state index in [9.17, 15) is 23.7 Å². The summed E-state index contributed by atoms with van der Waals surface area (Å²) in [4.78, 5) is 57.3. The topological polar surface area (TPSA) is 140 Å². The zero-order chi connectivity index (χ0) is 32.8. The average molecular weight is 664 g/mol. The second-order valence-electron chi connectivity index (χ2n) is 14.7. The largest absolute Gasteiger partial charge is 0.345 e. The van der Waals surface area contributed by atoms with Crippen molar-refractivity contribution in [2.75, 3.05) is 13.1 Å². The fraction of sp³-hybridized carbons (Fsp3) is 0.758. The number of carbonyl (C=O) groups excluding carboxylic acids is 4. The molecule has 1 aromatic heterocycles. The number of thiophene rings is 1. The highest BCUT2D eigenvalue weighted by atomic mass is 32.2. The summed E-state index contributed by atoms with van der Waals surface area (Å²) >= 11 is 2.30. The van der Waals surface area contributed by atoms with Crippen LogP contribution < -0.4 is 21.3 Å². The van der Waals surface area contributed by atoms with Gasteiger partial charge in [0.15, 0.2) is 5.78 Å². The third-order valence-electron chi connectivity index (χ3n) is 9.91. The maximum Gasteiger partial charge on any atom is 0.315 e.